The van der Waals surface area contributed by atoms with Crippen LogP contribution >= 0.6 is 11.3 Å². The highest BCUT2D eigenvalue weighted by molar-refractivity contribution is 7.09. The second kappa shape index (κ2) is 8.35. The van der Waals surface area contributed by atoms with Gasteiger partial charge in [0.05, 0.1) is 13.7 Å². The Balaban J connectivity index is 1.72. The second-order valence-corrected chi connectivity index (χ2v) is 6.39. The SMILES string of the molecule is COc1cccc(OCC(=O)N(Cc2cccs2)c2ccccc2)c1. The number of hydrogen-bond acceptors (Lipinski definition) is 4. The minimum Gasteiger partial charge on any atom is -0.497 e. The van der Waals surface area contributed by atoms with Gasteiger partial charge in [-0.15, -0.1) is 11.3 Å². The predicted octanol–water partition coefficient (Wildman–Crippen LogP) is 4.37. The lowest BCUT2D eigenvalue weighted by Crippen LogP contribution is -2.34. The highest BCUT2D eigenvalue weighted by atomic mass is 32.1. The Bertz CT molecular complexity index is 803. The molecule has 0 saturated carbocycles. The number of para-hydroxylation sites is 1. The number of ether oxygens (including phenoxy) is 2. The van der Waals surface area contributed by atoms with Crippen LogP contribution in [0, 0.1) is 0 Å². The number of thiophene rings is 1. The van der Waals surface area contributed by atoms with Gasteiger partial charge in [-0.25, -0.2) is 0 Å². The number of anilines is 1. The molecule has 25 heavy (non-hydrogen) atoms. The first-order valence-electron chi connectivity index (χ1n) is 7.91. The molecule has 0 aliphatic heterocycles. The molecule has 0 aliphatic carbocycles. The van der Waals surface area contributed by atoms with E-state index < -0.39 is 0 Å². The normalized spacial score (nSPS) is 10.3. The molecule has 0 fully saturated rings. The van der Waals surface area contributed by atoms with Crippen LogP contribution in [-0.2, 0) is 11.3 Å². The van der Waals surface area contributed by atoms with Gasteiger partial charge in [-0.3, -0.25) is 4.79 Å². The van der Waals surface area contributed by atoms with Crippen molar-refractivity contribution >= 4 is 22.9 Å². The van der Waals surface area contributed by atoms with E-state index in [-0.39, 0.29) is 12.5 Å². The zero-order chi connectivity index (χ0) is 17.5. The summed E-state index contributed by atoms with van der Waals surface area (Å²) in [5.41, 5.74) is 0.857. The molecule has 0 unspecified atom stereocenters. The topological polar surface area (TPSA) is 38.8 Å². The van der Waals surface area contributed by atoms with Crippen LogP contribution in [0.3, 0.4) is 0 Å². The Morgan fingerprint density at radius 1 is 1.00 bits per heavy atom. The molecular weight excluding hydrogens is 334 g/mol. The van der Waals surface area contributed by atoms with Crippen LogP contribution in [0.2, 0.25) is 0 Å². The highest BCUT2D eigenvalue weighted by Gasteiger charge is 2.17. The third-order valence-corrected chi connectivity index (χ3v) is 4.53. The van der Waals surface area contributed by atoms with Crippen LogP contribution in [0.25, 0.3) is 0 Å². The fraction of sp³-hybridized carbons (Fsp3) is 0.150. The minimum atomic E-state index is -0.0950. The molecule has 128 valence electrons. The van der Waals surface area contributed by atoms with Gasteiger partial charge in [-0.2, -0.15) is 0 Å². The van der Waals surface area contributed by atoms with Crippen molar-refractivity contribution in [3.63, 3.8) is 0 Å². The number of hydrogen-bond donors (Lipinski definition) is 0. The maximum absolute atomic E-state index is 12.8. The van der Waals surface area contributed by atoms with Gasteiger partial charge in [0.1, 0.15) is 11.5 Å². The first-order valence-corrected chi connectivity index (χ1v) is 8.79. The standard InChI is InChI=1S/C20H19NO3S/c1-23-17-9-5-10-18(13-17)24-15-20(22)21(14-19-11-6-12-25-19)16-7-3-2-4-8-16/h2-13H,14-15H2,1H3. The summed E-state index contributed by atoms with van der Waals surface area (Å²) >= 11 is 1.63. The molecule has 0 saturated heterocycles. The monoisotopic (exact) mass is 353 g/mol. The zero-order valence-electron chi connectivity index (χ0n) is 13.9. The lowest BCUT2D eigenvalue weighted by atomic mass is 10.2. The maximum Gasteiger partial charge on any atom is 0.265 e. The van der Waals surface area contributed by atoms with E-state index in [1.165, 1.54) is 0 Å². The summed E-state index contributed by atoms with van der Waals surface area (Å²) in [4.78, 5) is 15.6. The van der Waals surface area contributed by atoms with Gasteiger partial charge in [0.25, 0.3) is 5.91 Å². The van der Waals surface area contributed by atoms with Crippen molar-refractivity contribution in [1.29, 1.82) is 0 Å². The van der Waals surface area contributed by atoms with Gasteiger partial charge in [0.2, 0.25) is 0 Å². The maximum atomic E-state index is 12.8. The van der Waals surface area contributed by atoms with Gasteiger partial charge in [-0.05, 0) is 35.7 Å². The minimum absolute atomic E-state index is 0.0343. The predicted molar refractivity (Wildman–Crippen MR) is 100 cm³/mol. The summed E-state index contributed by atoms with van der Waals surface area (Å²) in [7, 11) is 1.60. The highest BCUT2D eigenvalue weighted by Crippen LogP contribution is 2.21. The van der Waals surface area contributed by atoms with E-state index >= 15 is 0 Å². The molecule has 3 aromatic rings. The van der Waals surface area contributed by atoms with E-state index in [1.807, 2.05) is 66.0 Å². The van der Waals surface area contributed by atoms with Crippen molar-refractivity contribution in [3.8, 4) is 11.5 Å². The number of methoxy groups -OCH3 is 1. The summed E-state index contributed by atoms with van der Waals surface area (Å²) in [5, 5.41) is 2.01. The number of amides is 1. The quantitative estimate of drug-likeness (QED) is 0.633. The summed E-state index contributed by atoms with van der Waals surface area (Å²) in [6.07, 6.45) is 0. The lowest BCUT2D eigenvalue weighted by Gasteiger charge is -2.22. The molecule has 0 bridgehead atoms. The van der Waals surface area contributed by atoms with E-state index in [2.05, 4.69) is 0 Å². The molecule has 1 aromatic heterocycles. The van der Waals surface area contributed by atoms with Crippen molar-refractivity contribution in [2.45, 2.75) is 6.54 Å². The van der Waals surface area contributed by atoms with Gasteiger partial charge in [0, 0.05) is 16.6 Å². The fourth-order valence-electron chi connectivity index (χ4n) is 2.40. The molecule has 1 heterocycles. The van der Waals surface area contributed by atoms with Gasteiger partial charge < -0.3 is 14.4 Å². The Morgan fingerprint density at radius 2 is 1.80 bits per heavy atom. The van der Waals surface area contributed by atoms with Crippen molar-refractivity contribution in [3.05, 3.63) is 77.0 Å². The van der Waals surface area contributed by atoms with Crippen molar-refractivity contribution in [2.24, 2.45) is 0 Å². The first kappa shape index (κ1) is 17.0. The first-order chi connectivity index (χ1) is 12.3. The summed E-state index contributed by atoms with van der Waals surface area (Å²) in [5.74, 6) is 1.21. The molecule has 0 aliphatic rings. The molecule has 4 nitrogen and oxygen atoms in total. The fourth-order valence-corrected chi connectivity index (χ4v) is 3.10. The van der Waals surface area contributed by atoms with Gasteiger partial charge in [0.15, 0.2) is 6.61 Å². The molecular formula is C20H19NO3S. The van der Waals surface area contributed by atoms with Crippen LogP contribution in [0.1, 0.15) is 4.88 Å². The van der Waals surface area contributed by atoms with E-state index in [1.54, 1.807) is 29.4 Å². The lowest BCUT2D eigenvalue weighted by molar-refractivity contribution is -0.120. The zero-order valence-corrected chi connectivity index (χ0v) is 14.7. The molecule has 0 N–H and O–H groups in total. The average molecular weight is 353 g/mol. The Labute approximate surface area is 151 Å². The molecule has 3 rings (SSSR count). The van der Waals surface area contributed by atoms with E-state index in [9.17, 15) is 4.79 Å². The summed E-state index contributed by atoms with van der Waals surface area (Å²) < 4.78 is 10.8. The van der Waals surface area contributed by atoms with Crippen molar-refractivity contribution in [2.75, 3.05) is 18.6 Å². The van der Waals surface area contributed by atoms with Crippen LogP contribution in [0.4, 0.5) is 5.69 Å². The van der Waals surface area contributed by atoms with Crippen LogP contribution in [0.15, 0.2) is 72.1 Å². The smallest absolute Gasteiger partial charge is 0.265 e. The molecule has 0 atom stereocenters. The Hall–Kier alpha value is -2.79. The number of carbonyl (C=O) groups excluding carboxylic acids is 1. The van der Waals surface area contributed by atoms with Crippen LogP contribution in [-0.4, -0.2) is 19.6 Å². The summed E-state index contributed by atoms with van der Waals surface area (Å²) in [6.45, 7) is 0.495. The number of benzene rings is 2. The third kappa shape index (κ3) is 4.61. The molecule has 0 spiro atoms. The Morgan fingerprint density at radius 3 is 2.52 bits per heavy atom. The van der Waals surface area contributed by atoms with Gasteiger partial charge >= 0.3 is 0 Å². The van der Waals surface area contributed by atoms with E-state index in [0.717, 1.165) is 10.6 Å². The van der Waals surface area contributed by atoms with E-state index in [0.29, 0.717) is 18.0 Å². The molecule has 0 radical (unpaired) electrons. The van der Waals surface area contributed by atoms with Crippen LogP contribution < -0.4 is 14.4 Å². The third-order valence-electron chi connectivity index (χ3n) is 3.67. The largest absolute Gasteiger partial charge is 0.497 e. The molecule has 5 heteroatoms. The number of carbonyl (C=O) groups is 1. The summed E-state index contributed by atoms with van der Waals surface area (Å²) in [6, 6.07) is 20.9. The average Bonchev–Trinajstić information content (AvgIpc) is 3.18. The molecule has 2 aromatic carbocycles. The van der Waals surface area contributed by atoms with Gasteiger partial charge in [-0.1, -0.05) is 30.3 Å². The number of rotatable bonds is 7. The van der Waals surface area contributed by atoms with Crippen molar-refractivity contribution in [1.82, 2.24) is 0 Å². The molecule has 1 amide bonds. The Kier molecular flexibility index (Phi) is 5.69. The second-order valence-electron chi connectivity index (χ2n) is 5.36. The van der Waals surface area contributed by atoms with Crippen molar-refractivity contribution < 1.29 is 14.3 Å². The number of nitrogens with zero attached hydrogens (tertiary/aromatic N) is 1. The van der Waals surface area contributed by atoms with E-state index in [4.69, 9.17) is 9.47 Å². The van der Waals surface area contributed by atoms with Crippen LogP contribution in [0.5, 0.6) is 11.5 Å².